The molecule has 0 aliphatic heterocycles. The molecule has 2 N–H and O–H groups in total. The van der Waals surface area contributed by atoms with Crippen molar-refractivity contribution in [2.75, 3.05) is 0 Å². The lowest BCUT2D eigenvalue weighted by Crippen LogP contribution is -2.13. The summed E-state index contributed by atoms with van der Waals surface area (Å²) in [4.78, 5) is 7.06. The lowest BCUT2D eigenvalue weighted by atomic mass is 10.2. The van der Waals surface area contributed by atoms with E-state index in [4.69, 9.17) is 0 Å². The number of nitrogens with zero attached hydrogens (tertiary/aromatic N) is 2. The Labute approximate surface area is 95.7 Å². The Kier molecular flexibility index (Phi) is 3.10. The molecule has 2 rings (SSSR count). The number of hydrogen-bond acceptors (Lipinski definition) is 2. The van der Waals surface area contributed by atoms with E-state index in [0.717, 1.165) is 18.8 Å². The summed E-state index contributed by atoms with van der Waals surface area (Å²) in [6.07, 6.45) is 3.55. The molecule has 0 spiro atoms. The van der Waals surface area contributed by atoms with Crippen LogP contribution in [0.25, 0.3) is 0 Å². The topological polar surface area (TPSA) is 45.6 Å². The van der Waals surface area contributed by atoms with Gasteiger partial charge in [-0.05, 0) is 25.5 Å². The molecular formula is C12H18N4. The van der Waals surface area contributed by atoms with Crippen LogP contribution in [0.5, 0.6) is 0 Å². The predicted octanol–water partition coefficient (Wildman–Crippen LogP) is 1.65. The normalized spacial score (nSPS) is 10.9. The molecule has 2 aromatic rings. The highest BCUT2D eigenvalue weighted by Gasteiger charge is 2.05. The largest absolute Gasteiger partial charge is 0.352 e. The monoisotopic (exact) mass is 218 g/mol. The molecule has 16 heavy (non-hydrogen) atoms. The van der Waals surface area contributed by atoms with Crippen molar-refractivity contribution >= 4 is 0 Å². The average Bonchev–Trinajstić information content (AvgIpc) is 2.85. The first kappa shape index (κ1) is 11.0. The zero-order valence-electron chi connectivity index (χ0n) is 10.0. The van der Waals surface area contributed by atoms with Gasteiger partial charge in [-0.2, -0.15) is 0 Å². The molecule has 0 unspecified atom stereocenters. The van der Waals surface area contributed by atoms with Gasteiger partial charge in [0, 0.05) is 43.4 Å². The molecule has 2 heterocycles. The molecule has 0 saturated heterocycles. The van der Waals surface area contributed by atoms with Gasteiger partial charge in [0.15, 0.2) is 0 Å². The van der Waals surface area contributed by atoms with Gasteiger partial charge in [-0.1, -0.05) is 0 Å². The summed E-state index contributed by atoms with van der Waals surface area (Å²) < 4.78 is 2.22. The Morgan fingerprint density at radius 1 is 1.38 bits per heavy atom. The number of hydrogen-bond donors (Lipinski definition) is 2. The first-order chi connectivity index (χ1) is 7.68. The highest BCUT2D eigenvalue weighted by molar-refractivity contribution is 5.26. The Balaban J connectivity index is 1.92. The number of aromatic amines is 1. The Bertz CT molecular complexity index is 454. The Morgan fingerprint density at radius 2 is 2.19 bits per heavy atom. The summed E-state index contributed by atoms with van der Waals surface area (Å²) >= 11 is 0. The second kappa shape index (κ2) is 4.53. The van der Waals surface area contributed by atoms with Gasteiger partial charge in [0.05, 0.1) is 6.33 Å². The van der Waals surface area contributed by atoms with Crippen molar-refractivity contribution in [2.24, 2.45) is 7.05 Å². The number of imidazole rings is 1. The molecule has 0 aliphatic rings. The fraction of sp³-hybridized carbons (Fsp3) is 0.417. The van der Waals surface area contributed by atoms with Crippen molar-refractivity contribution in [3.63, 3.8) is 0 Å². The molecule has 0 fully saturated rings. The van der Waals surface area contributed by atoms with E-state index < -0.39 is 0 Å². The van der Waals surface area contributed by atoms with Crippen LogP contribution in [0, 0.1) is 13.8 Å². The molecule has 0 aliphatic carbocycles. The molecule has 2 aromatic heterocycles. The van der Waals surface area contributed by atoms with Crippen LogP contribution in [-0.4, -0.2) is 14.5 Å². The molecule has 0 radical (unpaired) electrons. The molecule has 0 aromatic carbocycles. The highest BCUT2D eigenvalue weighted by atomic mass is 15.0. The second-order valence-electron chi connectivity index (χ2n) is 4.14. The van der Waals surface area contributed by atoms with Crippen molar-refractivity contribution < 1.29 is 0 Å². The highest BCUT2D eigenvalue weighted by Crippen LogP contribution is 2.12. The summed E-state index contributed by atoms with van der Waals surface area (Å²) in [5.41, 5.74) is 5.11. The zero-order valence-corrected chi connectivity index (χ0v) is 10.0. The van der Waals surface area contributed by atoms with Crippen molar-refractivity contribution in [3.05, 3.63) is 41.2 Å². The van der Waals surface area contributed by atoms with Crippen molar-refractivity contribution in [3.8, 4) is 0 Å². The van der Waals surface area contributed by atoms with Gasteiger partial charge in [0.1, 0.15) is 0 Å². The number of rotatable bonds is 4. The molecular weight excluding hydrogens is 200 g/mol. The van der Waals surface area contributed by atoms with E-state index in [0.29, 0.717) is 0 Å². The summed E-state index contributed by atoms with van der Waals surface area (Å²) in [5, 5.41) is 3.40. The first-order valence-corrected chi connectivity index (χ1v) is 5.48. The van der Waals surface area contributed by atoms with E-state index in [1.165, 1.54) is 17.0 Å². The molecule has 0 amide bonds. The van der Waals surface area contributed by atoms with Crippen LogP contribution in [0.3, 0.4) is 0 Å². The number of H-pyrrole nitrogens is 1. The average molecular weight is 218 g/mol. The molecule has 86 valence electrons. The lowest BCUT2D eigenvalue weighted by Gasteiger charge is -2.04. The standard InChI is InChI=1S/C12H18N4/c1-9-4-11(10(2)16(9)3)5-13-6-12-7-14-8-15-12/h4,7-8,13H,5-6H2,1-3H3,(H,14,15). The minimum atomic E-state index is 0.827. The van der Waals surface area contributed by atoms with Crippen LogP contribution in [-0.2, 0) is 20.1 Å². The Morgan fingerprint density at radius 3 is 2.75 bits per heavy atom. The number of aromatic nitrogens is 3. The predicted molar refractivity (Wildman–Crippen MR) is 64.0 cm³/mol. The zero-order chi connectivity index (χ0) is 11.5. The van der Waals surface area contributed by atoms with Gasteiger partial charge in [-0.3, -0.25) is 0 Å². The van der Waals surface area contributed by atoms with Crippen molar-refractivity contribution in [1.29, 1.82) is 0 Å². The van der Waals surface area contributed by atoms with E-state index in [9.17, 15) is 0 Å². The molecule has 4 nitrogen and oxygen atoms in total. The smallest absolute Gasteiger partial charge is 0.0922 e. The molecule has 0 saturated carbocycles. The van der Waals surface area contributed by atoms with Gasteiger partial charge >= 0.3 is 0 Å². The molecule has 0 atom stereocenters. The summed E-state index contributed by atoms with van der Waals surface area (Å²) in [5.74, 6) is 0. The van der Waals surface area contributed by atoms with Crippen LogP contribution >= 0.6 is 0 Å². The second-order valence-corrected chi connectivity index (χ2v) is 4.14. The van der Waals surface area contributed by atoms with E-state index in [1.54, 1.807) is 6.33 Å². The number of nitrogens with one attached hydrogen (secondary N) is 2. The third kappa shape index (κ3) is 2.17. The summed E-state index contributed by atoms with van der Waals surface area (Å²) in [6.45, 7) is 6.01. The van der Waals surface area contributed by atoms with Gasteiger partial charge in [-0.25, -0.2) is 4.98 Å². The summed E-state index contributed by atoms with van der Waals surface area (Å²) in [7, 11) is 2.10. The van der Waals surface area contributed by atoms with E-state index in [-0.39, 0.29) is 0 Å². The minimum Gasteiger partial charge on any atom is -0.352 e. The quantitative estimate of drug-likeness (QED) is 0.819. The third-order valence-electron chi connectivity index (χ3n) is 3.07. The maximum atomic E-state index is 3.98. The van der Waals surface area contributed by atoms with Gasteiger partial charge in [0.2, 0.25) is 0 Å². The maximum absolute atomic E-state index is 3.98. The van der Waals surface area contributed by atoms with Crippen LogP contribution in [0.2, 0.25) is 0 Å². The Hall–Kier alpha value is -1.55. The minimum absolute atomic E-state index is 0.827. The van der Waals surface area contributed by atoms with Gasteiger partial charge in [-0.15, -0.1) is 0 Å². The summed E-state index contributed by atoms with van der Waals surface area (Å²) in [6, 6.07) is 2.23. The maximum Gasteiger partial charge on any atom is 0.0922 e. The first-order valence-electron chi connectivity index (χ1n) is 5.48. The van der Waals surface area contributed by atoms with Crippen molar-refractivity contribution in [1.82, 2.24) is 19.9 Å². The van der Waals surface area contributed by atoms with E-state index in [2.05, 4.69) is 46.8 Å². The fourth-order valence-corrected chi connectivity index (χ4v) is 1.83. The van der Waals surface area contributed by atoms with E-state index in [1.807, 2.05) is 6.20 Å². The SMILES string of the molecule is Cc1cc(CNCc2cnc[nH]2)c(C)n1C. The number of aryl methyl sites for hydroxylation is 1. The molecule has 0 bridgehead atoms. The van der Waals surface area contributed by atoms with Gasteiger partial charge in [0.25, 0.3) is 0 Å². The van der Waals surface area contributed by atoms with E-state index >= 15 is 0 Å². The third-order valence-corrected chi connectivity index (χ3v) is 3.07. The van der Waals surface area contributed by atoms with Crippen LogP contribution < -0.4 is 5.32 Å². The van der Waals surface area contributed by atoms with Crippen molar-refractivity contribution in [2.45, 2.75) is 26.9 Å². The van der Waals surface area contributed by atoms with Crippen LogP contribution in [0.1, 0.15) is 22.6 Å². The lowest BCUT2D eigenvalue weighted by molar-refractivity contribution is 0.677. The molecule has 4 heteroatoms. The van der Waals surface area contributed by atoms with Crippen LogP contribution in [0.4, 0.5) is 0 Å². The fourth-order valence-electron chi connectivity index (χ4n) is 1.83. The van der Waals surface area contributed by atoms with Gasteiger partial charge < -0.3 is 14.9 Å². The van der Waals surface area contributed by atoms with Crippen LogP contribution in [0.15, 0.2) is 18.6 Å².